The molecule has 0 radical (unpaired) electrons. The van der Waals surface area contributed by atoms with E-state index >= 15 is 0 Å². The number of carbonyl (C=O) groups is 1. The van der Waals surface area contributed by atoms with Crippen LogP contribution in [0.3, 0.4) is 0 Å². The fraction of sp³-hybridized carbons (Fsp3) is 0.389. The quantitative estimate of drug-likeness (QED) is 0.882. The number of anilines is 2. The number of hydrogen-bond donors (Lipinski definition) is 2. The van der Waals surface area contributed by atoms with Crippen molar-refractivity contribution < 1.29 is 9.90 Å². The first-order valence-electron chi connectivity index (χ1n) is 8.35. The van der Waals surface area contributed by atoms with E-state index in [1.54, 1.807) is 6.07 Å². The Labute approximate surface area is 141 Å². The van der Waals surface area contributed by atoms with Crippen molar-refractivity contribution in [3.05, 3.63) is 48.2 Å². The average molecular weight is 326 g/mol. The third kappa shape index (κ3) is 3.89. The standard InChI is InChI=1S/C18H22N4O2/c23-13-11-15-8-4-5-12-22(15)17-10-9-16(20-21-17)18(24)19-14-6-2-1-3-7-14/h1-3,6-7,9-10,15,23H,4-5,8,11-13H2,(H,19,24)/t15-/m0/s1. The van der Waals surface area contributed by atoms with E-state index in [9.17, 15) is 9.90 Å². The Bertz CT molecular complexity index is 658. The number of rotatable bonds is 5. The molecule has 0 saturated carbocycles. The lowest BCUT2D eigenvalue weighted by molar-refractivity contribution is 0.102. The van der Waals surface area contributed by atoms with Gasteiger partial charge in [-0.1, -0.05) is 18.2 Å². The molecule has 1 aliphatic rings. The van der Waals surface area contributed by atoms with Gasteiger partial charge in [0.25, 0.3) is 5.91 Å². The van der Waals surface area contributed by atoms with Crippen molar-refractivity contribution in [2.24, 2.45) is 0 Å². The lowest BCUT2D eigenvalue weighted by Crippen LogP contribution is -2.40. The van der Waals surface area contributed by atoms with Crippen molar-refractivity contribution in [2.75, 3.05) is 23.4 Å². The third-order valence-corrected chi connectivity index (χ3v) is 4.30. The lowest BCUT2D eigenvalue weighted by atomic mass is 10.00. The summed E-state index contributed by atoms with van der Waals surface area (Å²) in [6.45, 7) is 1.08. The minimum atomic E-state index is -0.272. The van der Waals surface area contributed by atoms with Crippen LogP contribution >= 0.6 is 0 Å². The lowest BCUT2D eigenvalue weighted by Gasteiger charge is -2.36. The Morgan fingerprint density at radius 2 is 2.00 bits per heavy atom. The van der Waals surface area contributed by atoms with E-state index in [1.165, 1.54) is 6.42 Å². The topological polar surface area (TPSA) is 78.4 Å². The van der Waals surface area contributed by atoms with Gasteiger partial charge in [0, 0.05) is 24.9 Å². The van der Waals surface area contributed by atoms with E-state index in [2.05, 4.69) is 20.4 Å². The smallest absolute Gasteiger partial charge is 0.276 e. The van der Waals surface area contributed by atoms with E-state index in [0.29, 0.717) is 11.7 Å². The summed E-state index contributed by atoms with van der Waals surface area (Å²) in [6, 6.07) is 13.1. The molecule has 1 aromatic heterocycles. The number of benzene rings is 1. The first-order chi connectivity index (χ1) is 11.8. The van der Waals surface area contributed by atoms with Gasteiger partial charge in [-0.15, -0.1) is 10.2 Å². The number of hydrogen-bond acceptors (Lipinski definition) is 5. The van der Waals surface area contributed by atoms with Crippen LogP contribution in [0.1, 0.15) is 36.2 Å². The summed E-state index contributed by atoms with van der Waals surface area (Å²) >= 11 is 0. The summed E-state index contributed by atoms with van der Waals surface area (Å²) in [5.41, 5.74) is 1.02. The van der Waals surface area contributed by atoms with Gasteiger partial charge in [-0.2, -0.15) is 0 Å². The van der Waals surface area contributed by atoms with Crippen molar-refractivity contribution in [1.29, 1.82) is 0 Å². The van der Waals surface area contributed by atoms with E-state index in [-0.39, 0.29) is 12.5 Å². The molecular weight excluding hydrogens is 304 g/mol. The van der Waals surface area contributed by atoms with Gasteiger partial charge in [0.2, 0.25) is 0 Å². The van der Waals surface area contributed by atoms with Crippen molar-refractivity contribution in [3.8, 4) is 0 Å². The minimum absolute atomic E-state index is 0.173. The molecule has 1 saturated heterocycles. The largest absolute Gasteiger partial charge is 0.396 e. The van der Waals surface area contributed by atoms with Gasteiger partial charge < -0.3 is 15.3 Å². The number of para-hydroxylation sites is 1. The molecule has 1 atom stereocenters. The van der Waals surface area contributed by atoms with Gasteiger partial charge in [0.1, 0.15) is 0 Å². The van der Waals surface area contributed by atoms with Crippen LogP contribution in [0.5, 0.6) is 0 Å². The van der Waals surface area contributed by atoms with Crippen molar-refractivity contribution >= 4 is 17.4 Å². The normalized spacial score (nSPS) is 17.5. The number of aromatic nitrogens is 2. The summed E-state index contributed by atoms with van der Waals surface area (Å²) in [7, 11) is 0. The van der Waals surface area contributed by atoms with Gasteiger partial charge in [-0.05, 0) is 49.9 Å². The maximum Gasteiger partial charge on any atom is 0.276 e. The van der Waals surface area contributed by atoms with Crippen molar-refractivity contribution in [2.45, 2.75) is 31.7 Å². The second-order valence-electron chi connectivity index (χ2n) is 5.95. The van der Waals surface area contributed by atoms with Crippen LogP contribution in [0.2, 0.25) is 0 Å². The molecule has 0 bridgehead atoms. The Morgan fingerprint density at radius 3 is 2.71 bits per heavy atom. The van der Waals surface area contributed by atoms with Gasteiger partial charge >= 0.3 is 0 Å². The van der Waals surface area contributed by atoms with Crippen LogP contribution < -0.4 is 10.2 Å². The van der Waals surface area contributed by atoms with Gasteiger partial charge in [-0.25, -0.2) is 0 Å². The van der Waals surface area contributed by atoms with E-state index < -0.39 is 0 Å². The molecule has 6 nitrogen and oxygen atoms in total. The first kappa shape index (κ1) is 16.4. The molecule has 1 amide bonds. The molecule has 2 aromatic rings. The molecule has 3 rings (SSSR count). The molecule has 1 fully saturated rings. The minimum Gasteiger partial charge on any atom is -0.396 e. The molecule has 0 unspecified atom stereocenters. The highest BCUT2D eigenvalue weighted by molar-refractivity contribution is 6.02. The number of aliphatic hydroxyl groups is 1. The highest BCUT2D eigenvalue weighted by Gasteiger charge is 2.23. The highest BCUT2D eigenvalue weighted by Crippen LogP contribution is 2.24. The zero-order chi connectivity index (χ0) is 16.8. The molecule has 0 aliphatic carbocycles. The Hall–Kier alpha value is -2.47. The molecule has 2 heterocycles. The van der Waals surface area contributed by atoms with Gasteiger partial charge in [-0.3, -0.25) is 4.79 Å². The average Bonchev–Trinajstić information content (AvgIpc) is 2.63. The molecule has 6 heteroatoms. The zero-order valence-electron chi connectivity index (χ0n) is 13.6. The molecule has 0 spiro atoms. The summed E-state index contributed by atoms with van der Waals surface area (Å²) < 4.78 is 0. The second kappa shape index (κ2) is 7.88. The molecular formula is C18H22N4O2. The fourth-order valence-corrected chi connectivity index (χ4v) is 3.07. The van der Waals surface area contributed by atoms with E-state index in [1.807, 2.05) is 36.4 Å². The van der Waals surface area contributed by atoms with Crippen LogP contribution in [0.15, 0.2) is 42.5 Å². The predicted molar refractivity (Wildman–Crippen MR) is 93.1 cm³/mol. The highest BCUT2D eigenvalue weighted by atomic mass is 16.3. The monoisotopic (exact) mass is 326 g/mol. The van der Waals surface area contributed by atoms with Crippen LogP contribution in [0.4, 0.5) is 11.5 Å². The molecule has 24 heavy (non-hydrogen) atoms. The predicted octanol–water partition coefficient (Wildman–Crippen LogP) is 2.47. The number of amides is 1. The summed E-state index contributed by atoms with van der Waals surface area (Å²) in [5.74, 6) is 0.496. The van der Waals surface area contributed by atoms with Crippen LogP contribution in [0.25, 0.3) is 0 Å². The molecule has 1 aliphatic heterocycles. The summed E-state index contributed by atoms with van der Waals surface area (Å²) in [4.78, 5) is 14.4. The van der Waals surface area contributed by atoms with Gasteiger partial charge in [0.15, 0.2) is 11.5 Å². The number of aliphatic hydroxyl groups excluding tert-OH is 1. The number of nitrogens with one attached hydrogen (secondary N) is 1. The van der Waals surface area contributed by atoms with E-state index in [0.717, 1.165) is 37.3 Å². The SMILES string of the molecule is O=C(Nc1ccccc1)c1ccc(N2CCCC[C@H]2CCO)nn1. The summed E-state index contributed by atoms with van der Waals surface area (Å²) in [6.07, 6.45) is 4.07. The fourth-order valence-electron chi connectivity index (χ4n) is 3.07. The maximum absolute atomic E-state index is 12.2. The van der Waals surface area contributed by atoms with E-state index in [4.69, 9.17) is 0 Å². The second-order valence-corrected chi connectivity index (χ2v) is 5.95. The maximum atomic E-state index is 12.2. The number of nitrogens with zero attached hydrogens (tertiary/aromatic N) is 3. The number of carbonyl (C=O) groups excluding carboxylic acids is 1. The van der Waals surface area contributed by atoms with Crippen molar-refractivity contribution in [3.63, 3.8) is 0 Å². The zero-order valence-corrected chi connectivity index (χ0v) is 13.6. The molecule has 2 N–H and O–H groups in total. The van der Waals surface area contributed by atoms with Crippen LogP contribution in [-0.2, 0) is 0 Å². The number of piperidine rings is 1. The molecule has 1 aromatic carbocycles. The van der Waals surface area contributed by atoms with Crippen LogP contribution in [-0.4, -0.2) is 40.4 Å². The first-order valence-corrected chi connectivity index (χ1v) is 8.35. The Kier molecular flexibility index (Phi) is 5.38. The Morgan fingerprint density at radius 1 is 1.17 bits per heavy atom. The van der Waals surface area contributed by atoms with Crippen molar-refractivity contribution in [1.82, 2.24) is 10.2 Å². The van der Waals surface area contributed by atoms with Gasteiger partial charge in [0.05, 0.1) is 0 Å². The molecule has 126 valence electrons. The Balaban J connectivity index is 1.69. The summed E-state index contributed by atoms with van der Waals surface area (Å²) in [5, 5.41) is 20.3. The third-order valence-electron chi connectivity index (χ3n) is 4.30. The van der Waals surface area contributed by atoms with Crippen LogP contribution in [0, 0.1) is 0 Å².